The number of nitrogens with zero attached hydrogens (tertiary/aromatic N) is 1. The van der Waals surface area contributed by atoms with Gasteiger partial charge in [-0.1, -0.05) is 31.2 Å². The summed E-state index contributed by atoms with van der Waals surface area (Å²) >= 11 is 0. The first kappa shape index (κ1) is 15.7. The quantitative estimate of drug-likeness (QED) is 0.821. The van der Waals surface area contributed by atoms with Crippen LogP contribution in [0.1, 0.15) is 37.8 Å². The van der Waals surface area contributed by atoms with Crippen molar-refractivity contribution in [2.45, 2.75) is 40.2 Å². The molecule has 0 saturated heterocycles. The second-order valence-corrected chi connectivity index (χ2v) is 5.21. The zero-order valence-corrected chi connectivity index (χ0v) is 12.4. The molecule has 1 rings (SSSR count). The van der Waals surface area contributed by atoms with Gasteiger partial charge in [-0.25, -0.2) is 0 Å². The van der Waals surface area contributed by atoms with Crippen molar-refractivity contribution >= 4 is 5.91 Å². The van der Waals surface area contributed by atoms with Crippen LogP contribution >= 0.6 is 0 Å². The van der Waals surface area contributed by atoms with Crippen molar-refractivity contribution in [1.82, 2.24) is 4.90 Å². The lowest BCUT2D eigenvalue weighted by molar-refractivity contribution is -0.131. The molecule has 0 heterocycles. The van der Waals surface area contributed by atoms with Crippen LogP contribution in [0.4, 0.5) is 0 Å². The van der Waals surface area contributed by atoms with Gasteiger partial charge < -0.3 is 10.6 Å². The molecule has 0 saturated carbocycles. The van der Waals surface area contributed by atoms with Gasteiger partial charge in [-0.15, -0.1) is 0 Å². The van der Waals surface area contributed by atoms with Crippen molar-refractivity contribution in [1.29, 1.82) is 0 Å². The van der Waals surface area contributed by atoms with E-state index in [2.05, 4.69) is 26.0 Å². The minimum absolute atomic E-state index is 0.228. The van der Waals surface area contributed by atoms with Crippen molar-refractivity contribution in [2.75, 3.05) is 13.1 Å². The summed E-state index contributed by atoms with van der Waals surface area (Å²) in [5.74, 6) is 0.646. The molecule has 106 valence electrons. The summed E-state index contributed by atoms with van der Waals surface area (Å²) in [5.41, 5.74) is 8.05. The Hall–Kier alpha value is -1.35. The second-order valence-electron chi connectivity index (χ2n) is 5.21. The first-order valence-corrected chi connectivity index (χ1v) is 7.10. The summed E-state index contributed by atoms with van der Waals surface area (Å²) in [6.07, 6.45) is 1.47. The predicted molar refractivity (Wildman–Crippen MR) is 79.7 cm³/mol. The molecule has 0 spiro atoms. The average Bonchev–Trinajstić information content (AvgIpc) is 2.43. The Bertz CT molecular complexity index is 403. The maximum Gasteiger partial charge on any atom is 0.222 e. The van der Waals surface area contributed by atoms with Crippen LogP contribution in [0.2, 0.25) is 0 Å². The van der Waals surface area contributed by atoms with Crippen LogP contribution in [0.25, 0.3) is 0 Å². The number of carbonyl (C=O) groups is 1. The van der Waals surface area contributed by atoms with Gasteiger partial charge in [-0.3, -0.25) is 4.79 Å². The van der Waals surface area contributed by atoms with Crippen molar-refractivity contribution in [3.63, 3.8) is 0 Å². The van der Waals surface area contributed by atoms with Gasteiger partial charge in [-0.2, -0.15) is 0 Å². The molecule has 3 heteroatoms. The molecule has 2 N–H and O–H groups in total. The van der Waals surface area contributed by atoms with Crippen molar-refractivity contribution in [3.05, 3.63) is 35.4 Å². The van der Waals surface area contributed by atoms with Gasteiger partial charge in [0.1, 0.15) is 0 Å². The van der Waals surface area contributed by atoms with Crippen molar-refractivity contribution < 1.29 is 4.79 Å². The van der Waals surface area contributed by atoms with E-state index >= 15 is 0 Å². The Balaban J connectivity index is 2.58. The number of aryl methyl sites for hydroxylation is 1. The summed E-state index contributed by atoms with van der Waals surface area (Å²) in [6.45, 7) is 8.32. The molecule has 0 aliphatic rings. The molecule has 1 aromatic rings. The molecule has 1 unspecified atom stereocenters. The number of hydrogen-bond acceptors (Lipinski definition) is 2. The Kier molecular flexibility index (Phi) is 6.57. The maximum atomic E-state index is 12.2. The van der Waals surface area contributed by atoms with E-state index in [4.69, 9.17) is 5.73 Å². The fraction of sp³-hybridized carbons (Fsp3) is 0.562. The summed E-state index contributed by atoms with van der Waals surface area (Å²) in [5, 5.41) is 0. The van der Waals surface area contributed by atoms with Gasteiger partial charge in [0.2, 0.25) is 5.91 Å². The van der Waals surface area contributed by atoms with E-state index in [1.165, 1.54) is 11.1 Å². The van der Waals surface area contributed by atoms with Gasteiger partial charge >= 0.3 is 0 Å². The summed E-state index contributed by atoms with van der Waals surface area (Å²) < 4.78 is 0. The van der Waals surface area contributed by atoms with Crippen LogP contribution in [0.3, 0.4) is 0 Å². The maximum absolute atomic E-state index is 12.2. The molecular weight excluding hydrogens is 236 g/mol. The lowest BCUT2D eigenvalue weighted by Gasteiger charge is -2.22. The molecule has 1 atom stereocenters. The van der Waals surface area contributed by atoms with E-state index in [9.17, 15) is 4.79 Å². The highest BCUT2D eigenvalue weighted by atomic mass is 16.2. The Morgan fingerprint density at radius 2 is 2.05 bits per heavy atom. The number of nitrogens with two attached hydrogens (primary N) is 1. The third kappa shape index (κ3) is 5.03. The second kappa shape index (κ2) is 7.95. The molecule has 3 nitrogen and oxygen atoms in total. The molecule has 0 fully saturated rings. The highest BCUT2D eigenvalue weighted by Crippen LogP contribution is 2.13. The standard InChI is InChI=1S/C16H26N2O/c1-4-18(16(19)10-9-13(2)11-17)12-15-8-6-5-7-14(15)3/h5-8,13H,4,9-12,17H2,1-3H3. The molecular formula is C16H26N2O. The monoisotopic (exact) mass is 262 g/mol. The van der Waals surface area contributed by atoms with E-state index in [0.717, 1.165) is 13.0 Å². The van der Waals surface area contributed by atoms with Crippen molar-refractivity contribution in [2.24, 2.45) is 11.7 Å². The van der Waals surface area contributed by atoms with Crippen LogP contribution in [0.5, 0.6) is 0 Å². The number of rotatable bonds is 7. The Morgan fingerprint density at radius 1 is 1.37 bits per heavy atom. The summed E-state index contributed by atoms with van der Waals surface area (Å²) in [6, 6.07) is 8.23. The van der Waals surface area contributed by atoms with Crippen LogP contribution < -0.4 is 5.73 Å². The number of amides is 1. The van der Waals surface area contributed by atoms with E-state index in [1.54, 1.807) is 0 Å². The predicted octanol–water partition coefficient (Wildman–Crippen LogP) is 2.72. The van der Waals surface area contributed by atoms with Gasteiger partial charge in [0.15, 0.2) is 0 Å². The van der Waals surface area contributed by atoms with Crippen molar-refractivity contribution in [3.8, 4) is 0 Å². The molecule has 0 aliphatic carbocycles. The zero-order valence-electron chi connectivity index (χ0n) is 12.4. The summed E-state index contributed by atoms with van der Waals surface area (Å²) in [7, 11) is 0. The topological polar surface area (TPSA) is 46.3 Å². The Labute approximate surface area is 116 Å². The lowest BCUT2D eigenvalue weighted by Crippen LogP contribution is -2.31. The highest BCUT2D eigenvalue weighted by Gasteiger charge is 2.13. The van der Waals surface area contributed by atoms with Crippen LogP contribution in [-0.2, 0) is 11.3 Å². The molecule has 0 bridgehead atoms. The fourth-order valence-corrected chi connectivity index (χ4v) is 2.02. The first-order valence-electron chi connectivity index (χ1n) is 7.10. The minimum Gasteiger partial charge on any atom is -0.339 e. The van der Waals surface area contributed by atoms with Crippen LogP contribution in [0, 0.1) is 12.8 Å². The highest BCUT2D eigenvalue weighted by molar-refractivity contribution is 5.76. The van der Waals surface area contributed by atoms with E-state index in [1.807, 2.05) is 24.0 Å². The van der Waals surface area contributed by atoms with E-state index in [0.29, 0.717) is 25.4 Å². The van der Waals surface area contributed by atoms with E-state index < -0.39 is 0 Å². The molecule has 0 aliphatic heterocycles. The van der Waals surface area contributed by atoms with Crippen LogP contribution in [-0.4, -0.2) is 23.9 Å². The van der Waals surface area contributed by atoms with Gasteiger partial charge in [0, 0.05) is 19.5 Å². The normalized spacial score (nSPS) is 12.2. The first-order chi connectivity index (χ1) is 9.08. The fourth-order valence-electron chi connectivity index (χ4n) is 2.02. The molecule has 19 heavy (non-hydrogen) atoms. The molecule has 1 amide bonds. The average molecular weight is 262 g/mol. The lowest BCUT2D eigenvalue weighted by atomic mass is 10.0. The minimum atomic E-state index is 0.228. The molecule has 1 aromatic carbocycles. The third-order valence-electron chi connectivity index (χ3n) is 3.61. The van der Waals surface area contributed by atoms with Gasteiger partial charge in [0.25, 0.3) is 0 Å². The Morgan fingerprint density at radius 3 is 2.63 bits per heavy atom. The summed E-state index contributed by atoms with van der Waals surface area (Å²) in [4.78, 5) is 14.1. The third-order valence-corrected chi connectivity index (χ3v) is 3.61. The SMILES string of the molecule is CCN(Cc1ccccc1C)C(=O)CCC(C)CN. The number of benzene rings is 1. The number of hydrogen-bond donors (Lipinski definition) is 1. The van der Waals surface area contributed by atoms with E-state index in [-0.39, 0.29) is 5.91 Å². The largest absolute Gasteiger partial charge is 0.339 e. The molecule has 0 aromatic heterocycles. The van der Waals surface area contributed by atoms with Crippen LogP contribution in [0.15, 0.2) is 24.3 Å². The van der Waals surface area contributed by atoms with Gasteiger partial charge in [0.05, 0.1) is 0 Å². The number of carbonyl (C=O) groups excluding carboxylic acids is 1. The van der Waals surface area contributed by atoms with Gasteiger partial charge in [-0.05, 0) is 43.9 Å². The smallest absolute Gasteiger partial charge is 0.222 e. The molecule has 0 radical (unpaired) electrons. The zero-order chi connectivity index (χ0) is 14.3.